The second-order valence-electron chi connectivity index (χ2n) is 7.81. The zero-order chi connectivity index (χ0) is 22.8. The molecule has 1 fully saturated rings. The molecular weight excluding hydrogens is 436 g/mol. The fourth-order valence-corrected chi connectivity index (χ4v) is 4.77. The van der Waals surface area contributed by atoms with Crippen LogP contribution in [0.1, 0.15) is 22.8 Å². The lowest BCUT2D eigenvalue weighted by atomic mass is 10.1. The average molecular weight is 465 g/mol. The minimum atomic E-state index is -3.67. The van der Waals surface area contributed by atoms with Gasteiger partial charge in [-0.15, -0.1) is 0 Å². The quantitative estimate of drug-likeness (QED) is 0.710. The molecule has 31 heavy (non-hydrogen) atoms. The van der Waals surface area contributed by atoms with Crippen molar-refractivity contribution in [2.24, 2.45) is 0 Å². The van der Waals surface area contributed by atoms with Crippen molar-refractivity contribution in [2.45, 2.75) is 18.7 Å². The first-order valence-corrected chi connectivity index (χ1v) is 12.1. The van der Waals surface area contributed by atoms with E-state index < -0.39 is 15.9 Å². The van der Waals surface area contributed by atoms with E-state index in [1.165, 1.54) is 32.3 Å². The minimum Gasteiger partial charge on any atom is -0.369 e. The highest BCUT2D eigenvalue weighted by Gasteiger charge is 2.21. The summed E-state index contributed by atoms with van der Waals surface area (Å²) in [5.41, 5.74) is 2.97. The van der Waals surface area contributed by atoms with E-state index in [0.717, 1.165) is 48.3 Å². The summed E-state index contributed by atoms with van der Waals surface area (Å²) >= 11 is 6.19. The number of aryl methyl sites for hydroxylation is 1. The number of piperazine rings is 1. The fraction of sp³-hybridized carbons (Fsp3) is 0.409. The molecule has 0 saturated carbocycles. The first-order valence-electron chi connectivity index (χ1n) is 10.2. The summed E-state index contributed by atoms with van der Waals surface area (Å²) in [5.74, 6) is -0.454. The van der Waals surface area contributed by atoms with Gasteiger partial charge in [-0.1, -0.05) is 18.5 Å². The van der Waals surface area contributed by atoms with E-state index in [4.69, 9.17) is 11.6 Å². The molecule has 0 bridgehead atoms. The number of nitrogens with one attached hydrogen (secondary N) is 1. The summed E-state index contributed by atoms with van der Waals surface area (Å²) in [5, 5.41) is 3.03. The number of carbonyl (C=O) groups is 1. The molecule has 0 aromatic heterocycles. The van der Waals surface area contributed by atoms with Crippen LogP contribution in [0.2, 0.25) is 5.02 Å². The second-order valence-corrected chi connectivity index (χ2v) is 10.4. The van der Waals surface area contributed by atoms with Crippen molar-refractivity contribution in [3.05, 3.63) is 52.5 Å². The van der Waals surface area contributed by atoms with Crippen LogP contribution < -0.4 is 10.2 Å². The molecule has 0 atom stereocenters. The number of carbonyl (C=O) groups excluding carboxylic acids is 1. The van der Waals surface area contributed by atoms with Gasteiger partial charge in [0, 0.05) is 51.6 Å². The number of amides is 1. The molecule has 9 heteroatoms. The summed E-state index contributed by atoms with van der Waals surface area (Å²) in [4.78, 5) is 17.6. The number of anilines is 2. The molecule has 1 N–H and O–H groups in total. The van der Waals surface area contributed by atoms with Crippen LogP contribution in [0.3, 0.4) is 0 Å². The maximum Gasteiger partial charge on any atom is 0.257 e. The molecule has 168 valence electrons. The predicted octanol–water partition coefficient (Wildman–Crippen LogP) is 3.29. The first-order chi connectivity index (χ1) is 14.6. The Morgan fingerprint density at radius 2 is 1.77 bits per heavy atom. The van der Waals surface area contributed by atoms with Gasteiger partial charge >= 0.3 is 0 Å². The molecule has 0 aliphatic carbocycles. The SMILES string of the molecule is CCN1CCN(c2ccc(NC(=O)c3cc(S(=O)(=O)N(C)C)ccc3Cl)cc2C)CC1. The summed E-state index contributed by atoms with van der Waals surface area (Å²) in [6.45, 7) is 9.30. The van der Waals surface area contributed by atoms with Crippen LogP contribution in [0.4, 0.5) is 11.4 Å². The van der Waals surface area contributed by atoms with Gasteiger partial charge in [-0.05, 0) is 55.4 Å². The van der Waals surface area contributed by atoms with Crippen LogP contribution in [0, 0.1) is 6.92 Å². The molecule has 2 aromatic carbocycles. The van der Waals surface area contributed by atoms with E-state index in [2.05, 4.69) is 22.0 Å². The lowest BCUT2D eigenvalue weighted by molar-refractivity contribution is 0.102. The normalized spacial score (nSPS) is 15.4. The molecule has 0 spiro atoms. The Balaban J connectivity index is 1.78. The smallest absolute Gasteiger partial charge is 0.257 e. The fourth-order valence-electron chi connectivity index (χ4n) is 3.64. The van der Waals surface area contributed by atoms with E-state index >= 15 is 0 Å². The molecule has 1 aliphatic rings. The van der Waals surface area contributed by atoms with Crippen molar-refractivity contribution in [2.75, 3.05) is 57.0 Å². The Bertz CT molecular complexity index is 1060. The lowest BCUT2D eigenvalue weighted by Gasteiger charge is -2.36. The Kier molecular flexibility index (Phi) is 7.26. The van der Waals surface area contributed by atoms with Gasteiger partial charge in [-0.3, -0.25) is 4.79 Å². The van der Waals surface area contributed by atoms with E-state index in [9.17, 15) is 13.2 Å². The van der Waals surface area contributed by atoms with Gasteiger partial charge in [-0.2, -0.15) is 0 Å². The van der Waals surface area contributed by atoms with Gasteiger partial charge in [-0.25, -0.2) is 12.7 Å². The lowest BCUT2D eigenvalue weighted by Crippen LogP contribution is -2.46. The summed E-state index contributed by atoms with van der Waals surface area (Å²) in [6, 6.07) is 9.93. The Morgan fingerprint density at radius 3 is 2.35 bits per heavy atom. The van der Waals surface area contributed by atoms with Crippen molar-refractivity contribution >= 4 is 38.9 Å². The molecule has 1 heterocycles. The van der Waals surface area contributed by atoms with Crippen molar-refractivity contribution in [1.82, 2.24) is 9.21 Å². The predicted molar refractivity (Wildman–Crippen MR) is 126 cm³/mol. The van der Waals surface area contributed by atoms with E-state index in [-0.39, 0.29) is 15.5 Å². The molecule has 2 aromatic rings. The van der Waals surface area contributed by atoms with Gasteiger partial charge in [0.1, 0.15) is 0 Å². The van der Waals surface area contributed by atoms with Gasteiger partial charge in [0.15, 0.2) is 0 Å². The topological polar surface area (TPSA) is 73.0 Å². The van der Waals surface area contributed by atoms with Gasteiger partial charge in [0.2, 0.25) is 10.0 Å². The number of nitrogens with zero attached hydrogens (tertiary/aromatic N) is 3. The minimum absolute atomic E-state index is 0.0183. The van der Waals surface area contributed by atoms with E-state index in [1.54, 1.807) is 0 Å². The Labute approximate surface area is 189 Å². The van der Waals surface area contributed by atoms with Crippen LogP contribution in [0.15, 0.2) is 41.3 Å². The van der Waals surface area contributed by atoms with Gasteiger partial charge in [0.25, 0.3) is 5.91 Å². The van der Waals surface area contributed by atoms with Crippen molar-refractivity contribution in [3.8, 4) is 0 Å². The second kappa shape index (κ2) is 9.56. The van der Waals surface area contributed by atoms with Crippen LogP contribution in [-0.2, 0) is 10.0 Å². The number of hydrogen-bond acceptors (Lipinski definition) is 5. The Hall–Kier alpha value is -2.13. The third kappa shape index (κ3) is 5.20. The van der Waals surface area contributed by atoms with Gasteiger partial charge in [0.05, 0.1) is 15.5 Å². The van der Waals surface area contributed by atoms with Crippen molar-refractivity contribution < 1.29 is 13.2 Å². The van der Waals surface area contributed by atoms with Crippen LogP contribution >= 0.6 is 11.6 Å². The highest BCUT2D eigenvalue weighted by Crippen LogP contribution is 2.27. The highest BCUT2D eigenvalue weighted by molar-refractivity contribution is 7.89. The number of rotatable bonds is 6. The molecule has 3 rings (SSSR count). The van der Waals surface area contributed by atoms with Crippen molar-refractivity contribution in [3.63, 3.8) is 0 Å². The third-order valence-corrected chi connectivity index (χ3v) is 7.72. The maximum atomic E-state index is 12.8. The maximum absolute atomic E-state index is 12.8. The summed E-state index contributed by atoms with van der Waals surface area (Å²) in [6.07, 6.45) is 0. The first kappa shape index (κ1) is 23.5. The zero-order valence-corrected chi connectivity index (χ0v) is 19.9. The summed E-state index contributed by atoms with van der Waals surface area (Å²) in [7, 11) is -0.786. The third-order valence-electron chi connectivity index (χ3n) is 5.58. The Morgan fingerprint density at radius 1 is 1.10 bits per heavy atom. The number of hydrogen-bond donors (Lipinski definition) is 1. The van der Waals surface area contributed by atoms with Crippen molar-refractivity contribution in [1.29, 1.82) is 0 Å². The molecular formula is C22H29ClN4O3S. The molecule has 1 saturated heterocycles. The number of sulfonamides is 1. The number of halogens is 1. The van der Waals surface area contributed by atoms with Crippen LogP contribution in [0.5, 0.6) is 0 Å². The highest BCUT2D eigenvalue weighted by atomic mass is 35.5. The molecule has 7 nitrogen and oxygen atoms in total. The number of likely N-dealkylation sites (N-methyl/N-ethyl adjacent to an activating group) is 1. The molecule has 0 unspecified atom stereocenters. The zero-order valence-electron chi connectivity index (χ0n) is 18.4. The van der Waals surface area contributed by atoms with Crippen LogP contribution in [-0.4, -0.2) is 70.3 Å². The average Bonchev–Trinajstić information content (AvgIpc) is 2.74. The van der Waals surface area contributed by atoms with E-state index in [1.807, 2.05) is 25.1 Å². The molecule has 1 amide bonds. The monoisotopic (exact) mass is 464 g/mol. The molecule has 1 aliphatic heterocycles. The molecule has 0 radical (unpaired) electrons. The number of benzene rings is 2. The van der Waals surface area contributed by atoms with Crippen LogP contribution in [0.25, 0.3) is 0 Å². The van der Waals surface area contributed by atoms with E-state index in [0.29, 0.717) is 5.69 Å². The largest absolute Gasteiger partial charge is 0.369 e. The summed E-state index contributed by atoms with van der Waals surface area (Å²) < 4.78 is 25.9. The standard InChI is InChI=1S/C22H29ClN4O3S/c1-5-26-10-12-27(13-11-26)21-9-6-17(14-16(21)2)24-22(28)19-15-18(7-8-20(19)23)31(29,30)25(3)4/h6-9,14-15H,5,10-13H2,1-4H3,(H,24,28). The van der Waals surface area contributed by atoms with Gasteiger partial charge < -0.3 is 15.1 Å².